The van der Waals surface area contributed by atoms with E-state index in [9.17, 15) is 23.1 Å². The molecule has 35 heavy (non-hydrogen) atoms. The van der Waals surface area contributed by atoms with Gasteiger partial charge < -0.3 is 30.9 Å². The molecule has 188 valence electrons. The van der Waals surface area contributed by atoms with Crippen LogP contribution in [0.2, 0.25) is 0 Å². The number of nitrogens with zero attached hydrogens (tertiary/aromatic N) is 1. The van der Waals surface area contributed by atoms with Crippen LogP contribution in [0.15, 0.2) is 72.0 Å². The van der Waals surface area contributed by atoms with E-state index in [0.717, 1.165) is 11.6 Å². The Balaban J connectivity index is 1.44. The summed E-state index contributed by atoms with van der Waals surface area (Å²) in [5.74, 6) is 0.146. The summed E-state index contributed by atoms with van der Waals surface area (Å²) in [4.78, 5) is 12.9. The van der Waals surface area contributed by atoms with Gasteiger partial charge in [0.1, 0.15) is 30.7 Å². The molecule has 3 heterocycles. The van der Waals surface area contributed by atoms with Gasteiger partial charge in [-0.2, -0.15) is 13.2 Å². The summed E-state index contributed by atoms with van der Waals surface area (Å²) in [5, 5.41) is 28.6. The van der Waals surface area contributed by atoms with E-state index in [1.165, 1.54) is 12.1 Å². The summed E-state index contributed by atoms with van der Waals surface area (Å²) >= 11 is 0. The second-order valence-electron chi connectivity index (χ2n) is 8.25. The van der Waals surface area contributed by atoms with Crippen molar-refractivity contribution in [2.45, 2.75) is 37.5 Å². The van der Waals surface area contributed by atoms with Crippen LogP contribution in [0.1, 0.15) is 24.1 Å². The van der Waals surface area contributed by atoms with Crippen molar-refractivity contribution in [1.82, 2.24) is 26.4 Å². The molecule has 0 radical (unpaired) electrons. The molecule has 4 atom stereocenters. The van der Waals surface area contributed by atoms with Crippen LogP contribution in [0.3, 0.4) is 0 Å². The van der Waals surface area contributed by atoms with Gasteiger partial charge >= 0.3 is 6.18 Å². The minimum Gasteiger partial charge on any atom is -0.476 e. The number of amides is 1. The monoisotopic (exact) mass is 493 g/mol. The van der Waals surface area contributed by atoms with Crippen molar-refractivity contribution < 1.29 is 32.9 Å². The number of hydrazine groups is 1. The first-order valence-corrected chi connectivity index (χ1v) is 10.9. The molecule has 1 aromatic carbocycles. The van der Waals surface area contributed by atoms with Crippen molar-refractivity contribution in [2.24, 2.45) is 0 Å². The van der Waals surface area contributed by atoms with Gasteiger partial charge in [-0.1, -0.05) is 36.4 Å². The Labute approximate surface area is 199 Å². The molecule has 3 aliphatic rings. The van der Waals surface area contributed by atoms with Crippen molar-refractivity contribution in [3.8, 4) is 0 Å². The van der Waals surface area contributed by atoms with Crippen LogP contribution in [-0.2, 0) is 15.7 Å². The molecule has 0 bridgehead atoms. The van der Waals surface area contributed by atoms with Crippen molar-refractivity contribution in [1.29, 1.82) is 0 Å². The summed E-state index contributed by atoms with van der Waals surface area (Å²) in [5.41, 5.74) is 3.19. The number of halogens is 3. The van der Waals surface area contributed by atoms with Crippen molar-refractivity contribution in [3.05, 3.63) is 83.2 Å². The molecular weight excluding hydrogens is 467 g/mol. The lowest BCUT2D eigenvalue weighted by atomic mass is 9.96. The van der Waals surface area contributed by atoms with Gasteiger partial charge in [0, 0.05) is 6.20 Å². The average molecular weight is 493 g/mol. The molecule has 1 amide bonds. The molecule has 0 aromatic heterocycles. The van der Waals surface area contributed by atoms with E-state index in [2.05, 4.69) is 21.4 Å². The Hall–Kier alpha value is -3.48. The number of hydrogen-bond donors (Lipinski definition) is 6. The molecule has 9 nitrogen and oxygen atoms in total. The van der Waals surface area contributed by atoms with Gasteiger partial charge in [0.15, 0.2) is 5.88 Å². The topological polar surface area (TPSA) is 118 Å². The highest BCUT2D eigenvalue weighted by molar-refractivity contribution is 5.85. The highest BCUT2D eigenvalue weighted by Gasteiger charge is 2.39. The molecular formula is C23H26F3N5O4. The number of carbonyl (C=O) groups is 1. The van der Waals surface area contributed by atoms with Gasteiger partial charge in [0.2, 0.25) is 0 Å². The van der Waals surface area contributed by atoms with Crippen LogP contribution >= 0.6 is 0 Å². The van der Waals surface area contributed by atoms with Crippen LogP contribution in [-0.4, -0.2) is 52.7 Å². The first-order chi connectivity index (χ1) is 16.7. The summed E-state index contributed by atoms with van der Waals surface area (Å²) in [6.45, 7) is 1.19. The molecule has 4 rings (SSSR count). The van der Waals surface area contributed by atoms with E-state index in [1.54, 1.807) is 48.5 Å². The Morgan fingerprint density at radius 2 is 2.09 bits per heavy atom. The molecule has 12 heteroatoms. The van der Waals surface area contributed by atoms with Crippen LogP contribution in [0, 0.1) is 0 Å². The maximum atomic E-state index is 13.6. The summed E-state index contributed by atoms with van der Waals surface area (Å²) < 4.78 is 46.1. The van der Waals surface area contributed by atoms with Gasteiger partial charge in [-0.25, -0.2) is 5.43 Å². The van der Waals surface area contributed by atoms with Gasteiger partial charge in [-0.15, -0.1) is 0 Å². The Morgan fingerprint density at radius 1 is 1.31 bits per heavy atom. The molecule has 6 N–H and O–H groups in total. The zero-order valence-corrected chi connectivity index (χ0v) is 18.7. The first-order valence-electron chi connectivity index (χ1n) is 10.9. The van der Waals surface area contributed by atoms with E-state index in [1.807, 2.05) is 0 Å². The third-order valence-corrected chi connectivity index (χ3v) is 5.66. The van der Waals surface area contributed by atoms with Gasteiger partial charge in [0.05, 0.1) is 18.2 Å². The van der Waals surface area contributed by atoms with Crippen LogP contribution in [0.5, 0.6) is 0 Å². The van der Waals surface area contributed by atoms with Crippen LogP contribution in [0.4, 0.5) is 13.2 Å². The number of alkyl halides is 3. The van der Waals surface area contributed by atoms with Crippen molar-refractivity contribution >= 4 is 5.91 Å². The van der Waals surface area contributed by atoms with Gasteiger partial charge in [-0.05, 0) is 30.2 Å². The molecule has 0 saturated heterocycles. The third kappa shape index (κ3) is 5.45. The highest BCUT2D eigenvalue weighted by Crippen LogP contribution is 2.37. The largest absolute Gasteiger partial charge is 0.476 e. The van der Waals surface area contributed by atoms with Crippen molar-refractivity contribution in [2.75, 3.05) is 13.2 Å². The van der Waals surface area contributed by atoms with Gasteiger partial charge in [0.25, 0.3) is 5.91 Å². The zero-order chi connectivity index (χ0) is 25.2. The predicted molar refractivity (Wildman–Crippen MR) is 119 cm³/mol. The number of dihydropyridines is 1. The lowest BCUT2D eigenvalue weighted by Crippen LogP contribution is -2.54. The molecule has 1 aromatic rings. The van der Waals surface area contributed by atoms with Crippen LogP contribution < -0.4 is 21.4 Å². The smallest absolute Gasteiger partial charge is 0.416 e. The van der Waals surface area contributed by atoms with E-state index < -0.39 is 42.4 Å². The number of ether oxygens (including phenoxy) is 1. The highest BCUT2D eigenvalue weighted by atomic mass is 19.4. The molecule has 0 spiro atoms. The number of hydrogen-bond acceptors (Lipinski definition) is 8. The standard InChI is InChI=1S/C23H26F3N5O4/c1-13-9-18(15-5-2-3-6-16(15)23(24,25)26)30-31-19(10-27-21(13)31)29-22(34)17-7-4-8-20(28-17)35-12-14(33)11-32/h2-10,14,17-18,21,27-28,30,32-33H,11-12H2,1H3,(H,29,34). The molecule has 0 aliphatic carbocycles. The normalized spacial score (nSPS) is 24.3. The number of carbonyl (C=O) groups excluding carboxylic acids is 1. The average Bonchev–Trinajstić information content (AvgIpc) is 3.25. The second-order valence-corrected chi connectivity index (χ2v) is 8.25. The number of allylic oxidation sites excluding steroid dienone is 2. The Morgan fingerprint density at radius 3 is 2.83 bits per heavy atom. The number of benzene rings is 1. The second kappa shape index (κ2) is 10.0. The molecule has 4 unspecified atom stereocenters. The predicted octanol–water partition coefficient (Wildman–Crippen LogP) is 1.10. The van der Waals surface area contributed by atoms with E-state index in [4.69, 9.17) is 9.84 Å². The fourth-order valence-corrected chi connectivity index (χ4v) is 3.93. The van der Waals surface area contributed by atoms with E-state index in [-0.39, 0.29) is 24.2 Å². The first kappa shape index (κ1) is 24.6. The lowest BCUT2D eigenvalue weighted by molar-refractivity contribution is -0.138. The molecule has 0 saturated carbocycles. The summed E-state index contributed by atoms with van der Waals surface area (Å²) in [6, 6.07) is 3.80. The quantitative estimate of drug-likeness (QED) is 0.313. The van der Waals surface area contributed by atoms with Gasteiger partial charge in [-0.3, -0.25) is 9.80 Å². The number of aliphatic hydroxyl groups excluding tert-OH is 2. The minimum absolute atomic E-state index is 0.0734. The SMILES string of the molecule is CC1=CC(c2ccccc2C(F)(F)F)NN2C(NC(=O)C3C=CC=C(OCC(O)CO)N3)=CNC12. The van der Waals surface area contributed by atoms with Crippen LogP contribution in [0.25, 0.3) is 0 Å². The fourth-order valence-electron chi connectivity index (χ4n) is 3.93. The van der Waals surface area contributed by atoms with E-state index in [0.29, 0.717) is 5.82 Å². The minimum atomic E-state index is -4.51. The third-order valence-electron chi connectivity index (χ3n) is 5.66. The number of aliphatic hydroxyl groups is 2. The summed E-state index contributed by atoms with van der Waals surface area (Å²) in [7, 11) is 0. The lowest BCUT2D eigenvalue weighted by Gasteiger charge is -2.38. The maximum Gasteiger partial charge on any atom is 0.416 e. The zero-order valence-electron chi connectivity index (χ0n) is 18.7. The Bertz CT molecular complexity index is 1090. The molecule has 3 aliphatic heterocycles. The Kier molecular flexibility index (Phi) is 7.05. The number of rotatable bonds is 7. The number of fused-ring (bicyclic) bond motifs is 1. The fraction of sp³-hybridized carbons (Fsp3) is 0.348. The maximum absolute atomic E-state index is 13.6. The van der Waals surface area contributed by atoms with Crippen molar-refractivity contribution in [3.63, 3.8) is 0 Å². The summed E-state index contributed by atoms with van der Waals surface area (Å²) in [6.07, 6.45) is 2.13. The number of nitrogens with one attached hydrogen (secondary N) is 4. The van der Waals surface area contributed by atoms with E-state index >= 15 is 0 Å². The molecule has 0 fully saturated rings.